The average molecular weight is 454 g/mol. The predicted molar refractivity (Wildman–Crippen MR) is 129 cm³/mol. The maximum atomic E-state index is 12.9. The quantitative estimate of drug-likeness (QED) is 0.427. The highest BCUT2D eigenvalue weighted by molar-refractivity contribution is 6.31. The van der Waals surface area contributed by atoms with E-state index in [9.17, 15) is 4.79 Å². The maximum Gasteiger partial charge on any atom is 0.257 e. The summed E-state index contributed by atoms with van der Waals surface area (Å²) in [5, 5.41) is 11.0. The second kappa shape index (κ2) is 10.3. The Kier molecular flexibility index (Phi) is 7.53. The van der Waals surface area contributed by atoms with Crippen LogP contribution in [0.15, 0.2) is 47.5 Å². The summed E-state index contributed by atoms with van der Waals surface area (Å²) < 4.78 is 7.28. The van der Waals surface area contributed by atoms with Crippen LogP contribution in [0.5, 0.6) is 5.75 Å². The smallest absolute Gasteiger partial charge is 0.257 e. The Morgan fingerprint density at radius 1 is 1.19 bits per heavy atom. The van der Waals surface area contributed by atoms with E-state index in [0.717, 1.165) is 22.5 Å². The Morgan fingerprint density at radius 2 is 1.97 bits per heavy atom. The monoisotopic (exact) mass is 453 g/mol. The summed E-state index contributed by atoms with van der Waals surface area (Å²) in [5.41, 5.74) is 5.40. The summed E-state index contributed by atoms with van der Waals surface area (Å²) in [6.45, 7) is 6.43. The minimum Gasteiger partial charge on any atom is -0.495 e. The predicted octanol–water partition coefficient (Wildman–Crippen LogP) is 4.45. The molecule has 0 aliphatic carbocycles. The van der Waals surface area contributed by atoms with Crippen LogP contribution in [-0.2, 0) is 13.5 Å². The van der Waals surface area contributed by atoms with Crippen LogP contribution in [0.4, 0.5) is 5.69 Å². The van der Waals surface area contributed by atoms with E-state index >= 15 is 0 Å². The van der Waals surface area contributed by atoms with Gasteiger partial charge in [-0.15, -0.1) is 0 Å². The SMILES string of the molecule is COc1ccc(Cl)cc1NC(=NCCc1c(C)nn(C)c1C)NC(=O)c1cccc(C)c1. The van der Waals surface area contributed by atoms with Gasteiger partial charge in [0.2, 0.25) is 5.96 Å². The summed E-state index contributed by atoms with van der Waals surface area (Å²) in [5.74, 6) is 0.650. The minimum atomic E-state index is -0.255. The first-order valence-corrected chi connectivity index (χ1v) is 10.7. The van der Waals surface area contributed by atoms with Gasteiger partial charge in [-0.05, 0) is 63.1 Å². The van der Waals surface area contributed by atoms with Crippen LogP contribution in [0.3, 0.4) is 0 Å². The fourth-order valence-electron chi connectivity index (χ4n) is 3.44. The van der Waals surface area contributed by atoms with Crippen molar-refractivity contribution in [3.8, 4) is 5.75 Å². The van der Waals surface area contributed by atoms with E-state index in [0.29, 0.717) is 40.9 Å². The van der Waals surface area contributed by atoms with Gasteiger partial charge in [-0.1, -0.05) is 29.3 Å². The number of aliphatic imine (C=N–C) groups is 1. The lowest BCUT2D eigenvalue weighted by Crippen LogP contribution is -2.36. The van der Waals surface area contributed by atoms with Gasteiger partial charge in [0.05, 0.1) is 18.5 Å². The van der Waals surface area contributed by atoms with Crippen molar-refractivity contribution in [2.45, 2.75) is 27.2 Å². The third-order valence-corrected chi connectivity index (χ3v) is 5.45. The second-order valence-electron chi connectivity index (χ2n) is 7.55. The highest BCUT2D eigenvalue weighted by Crippen LogP contribution is 2.27. The van der Waals surface area contributed by atoms with Crippen molar-refractivity contribution in [1.82, 2.24) is 15.1 Å². The molecule has 1 amide bonds. The molecule has 3 rings (SSSR count). The molecule has 3 aromatic rings. The molecule has 0 saturated carbocycles. The minimum absolute atomic E-state index is 0.255. The second-order valence-corrected chi connectivity index (χ2v) is 7.98. The first kappa shape index (κ1) is 23.3. The van der Waals surface area contributed by atoms with Gasteiger partial charge in [0.1, 0.15) is 5.75 Å². The molecule has 0 bridgehead atoms. The number of methoxy groups -OCH3 is 1. The third-order valence-electron chi connectivity index (χ3n) is 5.22. The van der Waals surface area contributed by atoms with E-state index in [1.54, 1.807) is 31.4 Å². The molecular weight excluding hydrogens is 426 g/mol. The van der Waals surface area contributed by atoms with Gasteiger partial charge in [-0.3, -0.25) is 19.8 Å². The van der Waals surface area contributed by atoms with Crippen molar-refractivity contribution in [2.24, 2.45) is 12.0 Å². The summed E-state index contributed by atoms with van der Waals surface area (Å²) in [7, 11) is 3.50. The van der Waals surface area contributed by atoms with Crippen LogP contribution in [0, 0.1) is 20.8 Å². The van der Waals surface area contributed by atoms with Gasteiger partial charge in [0.15, 0.2) is 0 Å². The van der Waals surface area contributed by atoms with Crippen molar-refractivity contribution in [1.29, 1.82) is 0 Å². The Labute approximate surface area is 193 Å². The number of carbonyl (C=O) groups excluding carboxylic acids is 1. The molecule has 2 N–H and O–H groups in total. The highest BCUT2D eigenvalue weighted by atomic mass is 35.5. The van der Waals surface area contributed by atoms with Crippen molar-refractivity contribution in [3.63, 3.8) is 0 Å². The number of guanidine groups is 1. The van der Waals surface area contributed by atoms with Gasteiger partial charge in [-0.25, -0.2) is 0 Å². The molecule has 0 radical (unpaired) electrons. The fourth-order valence-corrected chi connectivity index (χ4v) is 3.61. The van der Waals surface area contributed by atoms with Gasteiger partial charge in [-0.2, -0.15) is 5.10 Å². The molecule has 1 heterocycles. The molecule has 2 aromatic carbocycles. The number of nitrogens with one attached hydrogen (secondary N) is 2. The lowest BCUT2D eigenvalue weighted by molar-refractivity contribution is 0.0977. The zero-order chi connectivity index (χ0) is 23.3. The Bertz CT molecular complexity index is 1150. The third kappa shape index (κ3) is 5.68. The maximum absolute atomic E-state index is 12.9. The molecule has 0 atom stereocenters. The molecule has 32 heavy (non-hydrogen) atoms. The average Bonchev–Trinajstić information content (AvgIpc) is 2.99. The Hall–Kier alpha value is -3.32. The topological polar surface area (TPSA) is 80.5 Å². The fraction of sp³-hybridized carbons (Fsp3) is 0.292. The van der Waals surface area contributed by atoms with E-state index in [1.165, 1.54) is 0 Å². The highest BCUT2D eigenvalue weighted by Gasteiger charge is 2.13. The number of anilines is 1. The Balaban J connectivity index is 1.85. The summed E-state index contributed by atoms with van der Waals surface area (Å²) in [6.07, 6.45) is 0.698. The summed E-state index contributed by atoms with van der Waals surface area (Å²) in [4.78, 5) is 17.5. The molecule has 0 saturated heterocycles. The molecule has 8 heteroatoms. The number of rotatable bonds is 6. The van der Waals surface area contributed by atoms with Crippen LogP contribution >= 0.6 is 11.6 Å². The number of carbonyl (C=O) groups is 1. The number of aromatic nitrogens is 2. The molecule has 1 aromatic heterocycles. The van der Waals surface area contributed by atoms with Crippen molar-refractivity contribution < 1.29 is 9.53 Å². The number of amides is 1. The van der Waals surface area contributed by atoms with E-state index < -0.39 is 0 Å². The van der Waals surface area contributed by atoms with E-state index in [-0.39, 0.29) is 5.91 Å². The molecule has 0 unspecified atom stereocenters. The van der Waals surface area contributed by atoms with Gasteiger partial charge >= 0.3 is 0 Å². The molecule has 0 spiro atoms. The van der Waals surface area contributed by atoms with E-state index in [1.807, 2.05) is 50.7 Å². The molecule has 0 fully saturated rings. The molecule has 168 valence electrons. The van der Waals surface area contributed by atoms with Crippen molar-refractivity contribution in [2.75, 3.05) is 19.0 Å². The molecular formula is C24H28ClN5O2. The van der Waals surface area contributed by atoms with Gasteiger partial charge in [0, 0.05) is 29.9 Å². The largest absolute Gasteiger partial charge is 0.495 e. The number of nitrogens with zero attached hydrogens (tertiary/aromatic N) is 3. The number of hydrogen-bond acceptors (Lipinski definition) is 4. The lowest BCUT2D eigenvalue weighted by Gasteiger charge is -2.15. The number of halogens is 1. The summed E-state index contributed by atoms with van der Waals surface area (Å²) >= 11 is 6.17. The lowest BCUT2D eigenvalue weighted by atomic mass is 10.1. The first-order chi connectivity index (χ1) is 15.3. The number of benzene rings is 2. The molecule has 0 aliphatic heterocycles. The molecule has 0 aliphatic rings. The van der Waals surface area contributed by atoms with Gasteiger partial charge in [0.25, 0.3) is 5.91 Å². The van der Waals surface area contributed by atoms with Crippen LogP contribution < -0.4 is 15.4 Å². The zero-order valence-corrected chi connectivity index (χ0v) is 19.7. The number of aryl methyl sites for hydroxylation is 3. The normalized spacial score (nSPS) is 11.4. The van der Waals surface area contributed by atoms with E-state index in [4.69, 9.17) is 16.3 Å². The summed E-state index contributed by atoms with van der Waals surface area (Å²) in [6, 6.07) is 12.6. The van der Waals surface area contributed by atoms with Crippen LogP contribution in [0.2, 0.25) is 5.02 Å². The molecule has 7 nitrogen and oxygen atoms in total. The first-order valence-electron chi connectivity index (χ1n) is 10.3. The number of ether oxygens (including phenoxy) is 1. The number of hydrogen-bond donors (Lipinski definition) is 2. The standard InChI is InChI=1S/C24H28ClN5O2/c1-15-7-6-8-18(13-15)23(31)28-24(27-21-14-19(25)9-10-22(21)32-5)26-12-11-20-16(2)29-30(4)17(20)3/h6-10,13-14H,11-12H2,1-5H3,(H2,26,27,28,31). The van der Waals surface area contributed by atoms with Gasteiger partial charge < -0.3 is 10.1 Å². The van der Waals surface area contributed by atoms with E-state index in [2.05, 4.69) is 20.7 Å². The zero-order valence-electron chi connectivity index (χ0n) is 19.0. The van der Waals surface area contributed by atoms with Crippen molar-refractivity contribution >= 4 is 29.2 Å². The van der Waals surface area contributed by atoms with Crippen LogP contribution in [0.25, 0.3) is 0 Å². The van der Waals surface area contributed by atoms with Crippen LogP contribution in [-0.4, -0.2) is 35.3 Å². The van der Waals surface area contributed by atoms with Crippen LogP contribution in [0.1, 0.15) is 32.9 Å². The van der Waals surface area contributed by atoms with Crippen molar-refractivity contribution in [3.05, 3.63) is 75.6 Å². The Morgan fingerprint density at radius 3 is 2.62 bits per heavy atom.